The van der Waals surface area contributed by atoms with Crippen LogP contribution < -0.4 is 11.1 Å². The highest BCUT2D eigenvalue weighted by molar-refractivity contribution is 8.14. The Kier molecular flexibility index (Phi) is 9.72. The second-order valence-electron chi connectivity index (χ2n) is 7.61. The van der Waals surface area contributed by atoms with Crippen LogP contribution >= 0.6 is 11.8 Å². The molecule has 2 aromatic rings. The van der Waals surface area contributed by atoms with Gasteiger partial charge in [-0.05, 0) is 61.7 Å². The van der Waals surface area contributed by atoms with Gasteiger partial charge in [-0.1, -0.05) is 18.7 Å². The molecular formula is C23H28F4N4OS. The number of carbonyl (C=O) groups is 1. The number of anilines is 1. The number of alkyl halides is 1. The third kappa shape index (κ3) is 6.48. The standard InChI is InChI=1S/C22H25F3N4OS.CH3F/c1-12(6-7-26)11-27-20-13(2)8-16(24)10-18(20)22-29(14(3)30)28-21(31-22)17-9-15(23)4-5-19(17)25;1-2/h4-5,8-10,12,22,27H,6-7,11,26H2,1-3H3;1H3. The zero-order valence-electron chi connectivity index (χ0n) is 19.0. The zero-order valence-corrected chi connectivity index (χ0v) is 19.8. The van der Waals surface area contributed by atoms with E-state index in [4.69, 9.17) is 5.73 Å². The molecule has 3 rings (SSSR count). The number of nitrogens with zero attached hydrogens (tertiary/aromatic N) is 2. The van der Waals surface area contributed by atoms with E-state index in [1.54, 1.807) is 6.92 Å². The Morgan fingerprint density at radius 2 is 1.91 bits per heavy atom. The summed E-state index contributed by atoms with van der Waals surface area (Å²) in [5.41, 5.74) is 7.45. The number of amides is 1. The van der Waals surface area contributed by atoms with Crippen LogP contribution in [0.4, 0.5) is 23.2 Å². The van der Waals surface area contributed by atoms with Crippen molar-refractivity contribution >= 4 is 28.4 Å². The van der Waals surface area contributed by atoms with Gasteiger partial charge < -0.3 is 11.1 Å². The number of carbonyl (C=O) groups excluding carboxylic acids is 1. The summed E-state index contributed by atoms with van der Waals surface area (Å²) >= 11 is 1.07. The van der Waals surface area contributed by atoms with Crippen LogP contribution in [0.25, 0.3) is 0 Å². The molecule has 0 spiro atoms. The van der Waals surface area contributed by atoms with E-state index in [-0.39, 0.29) is 16.5 Å². The van der Waals surface area contributed by atoms with Crippen LogP contribution in [0.15, 0.2) is 35.4 Å². The van der Waals surface area contributed by atoms with Gasteiger partial charge in [-0.3, -0.25) is 9.18 Å². The predicted molar refractivity (Wildman–Crippen MR) is 125 cm³/mol. The number of hydrazone groups is 1. The minimum atomic E-state index is -0.725. The second kappa shape index (κ2) is 12.0. The SMILES string of the molecule is CC(=O)N1N=C(c2cc(F)ccc2F)SC1c1cc(F)cc(C)c1NCC(C)CCN.CF. The minimum Gasteiger partial charge on any atom is -0.384 e. The Hall–Kier alpha value is -2.59. The number of nitrogens with one attached hydrogen (secondary N) is 1. The molecule has 0 fully saturated rings. The molecule has 1 aliphatic heterocycles. The van der Waals surface area contributed by atoms with Crippen molar-refractivity contribution in [2.24, 2.45) is 16.8 Å². The average Bonchev–Trinajstić information content (AvgIpc) is 3.21. The molecule has 33 heavy (non-hydrogen) atoms. The largest absolute Gasteiger partial charge is 0.384 e. The first-order valence-corrected chi connectivity index (χ1v) is 11.2. The van der Waals surface area contributed by atoms with E-state index in [0.717, 1.165) is 36.4 Å². The summed E-state index contributed by atoms with van der Waals surface area (Å²) in [5.74, 6) is -1.83. The fraction of sp³-hybridized carbons (Fsp3) is 0.391. The fourth-order valence-electron chi connectivity index (χ4n) is 3.41. The monoisotopic (exact) mass is 484 g/mol. The van der Waals surface area contributed by atoms with Crippen LogP contribution in [0.2, 0.25) is 0 Å². The quantitative estimate of drug-likeness (QED) is 0.520. The second-order valence-corrected chi connectivity index (χ2v) is 8.68. The maximum Gasteiger partial charge on any atom is 0.240 e. The van der Waals surface area contributed by atoms with E-state index in [0.29, 0.717) is 37.1 Å². The summed E-state index contributed by atoms with van der Waals surface area (Å²) < 4.78 is 51.9. The molecule has 0 radical (unpaired) electrons. The van der Waals surface area contributed by atoms with Crippen LogP contribution in [0.3, 0.4) is 0 Å². The van der Waals surface area contributed by atoms with Crippen molar-refractivity contribution in [1.82, 2.24) is 5.01 Å². The van der Waals surface area contributed by atoms with Crippen molar-refractivity contribution in [3.63, 3.8) is 0 Å². The molecule has 0 bridgehead atoms. The molecule has 2 unspecified atom stereocenters. The van der Waals surface area contributed by atoms with Crippen molar-refractivity contribution in [1.29, 1.82) is 0 Å². The molecule has 0 saturated heterocycles. The summed E-state index contributed by atoms with van der Waals surface area (Å²) in [6, 6.07) is 5.81. The molecule has 1 heterocycles. The summed E-state index contributed by atoms with van der Waals surface area (Å²) in [6.45, 7) is 6.32. The van der Waals surface area contributed by atoms with Crippen molar-refractivity contribution < 1.29 is 22.4 Å². The van der Waals surface area contributed by atoms with E-state index >= 15 is 0 Å². The van der Waals surface area contributed by atoms with Crippen LogP contribution in [-0.2, 0) is 4.79 Å². The van der Waals surface area contributed by atoms with Gasteiger partial charge in [0.05, 0.1) is 7.18 Å². The summed E-state index contributed by atoms with van der Waals surface area (Å²) in [7, 11) is 0.500. The van der Waals surface area contributed by atoms with E-state index in [1.165, 1.54) is 24.1 Å². The Morgan fingerprint density at radius 3 is 2.55 bits per heavy atom. The van der Waals surface area contributed by atoms with Crippen LogP contribution in [0.1, 0.15) is 42.3 Å². The van der Waals surface area contributed by atoms with Gasteiger partial charge in [-0.2, -0.15) is 5.10 Å². The topological polar surface area (TPSA) is 70.7 Å². The number of rotatable bonds is 7. The lowest BCUT2D eigenvalue weighted by Crippen LogP contribution is -2.25. The van der Waals surface area contributed by atoms with E-state index in [9.17, 15) is 22.4 Å². The smallest absolute Gasteiger partial charge is 0.240 e. The number of nitrogens with two attached hydrogens (primary N) is 1. The van der Waals surface area contributed by atoms with E-state index in [2.05, 4.69) is 17.3 Å². The number of benzene rings is 2. The fourth-order valence-corrected chi connectivity index (χ4v) is 4.65. The molecule has 180 valence electrons. The molecule has 2 aromatic carbocycles. The highest BCUT2D eigenvalue weighted by atomic mass is 32.2. The Morgan fingerprint density at radius 1 is 1.21 bits per heavy atom. The number of aryl methyl sites for hydroxylation is 1. The molecule has 0 aromatic heterocycles. The van der Waals surface area contributed by atoms with E-state index in [1.807, 2.05) is 0 Å². The molecule has 2 atom stereocenters. The third-order valence-electron chi connectivity index (χ3n) is 5.01. The maximum absolute atomic E-state index is 14.3. The molecule has 0 saturated carbocycles. The van der Waals surface area contributed by atoms with Gasteiger partial charge in [0.1, 0.15) is 27.9 Å². The van der Waals surface area contributed by atoms with Gasteiger partial charge in [0, 0.05) is 30.3 Å². The van der Waals surface area contributed by atoms with Crippen molar-refractivity contribution in [2.75, 3.05) is 25.6 Å². The lowest BCUT2D eigenvalue weighted by Gasteiger charge is -2.25. The average molecular weight is 485 g/mol. The van der Waals surface area contributed by atoms with Crippen molar-refractivity contribution in [3.05, 3.63) is 64.5 Å². The first kappa shape index (κ1) is 26.7. The van der Waals surface area contributed by atoms with Crippen LogP contribution in [-0.4, -0.2) is 36.2 Å². The lowest BCUT2D eigenvalue weighted by atomic mass is 10.0. The van der Waals surface area contributed by atoms with Gasteiger partial charge in [-0.25, -0.2) is 18.2 Å². The van der Waals surface area contributed by atoms with Crippen molar-refractivity contribution in [2.45, 2.75) is 32.6 Å². The molecule has 3 N–H and O–H groups in total. The third-order valence-corrected chi connectivity index (χ3v) is 6.21. The van der Waals surface area contributed by atoms with Gasteiger partial charge in [-0.15, -0.1) is 0 Å². The van der Waals surface area contributed by atoms with Gasteiger partial charge in [0.15, 0.2) is 0 Å². The molecule has 1 aliphatic rings. The first-order valence-electron chi connectivity index (χ1n) is 10.3. The number of hydrogen-bond donors (Lipinski definition) is 2. The van der Waals surface area contributed by atoms with Gasteiger partial charge in [0.2, 0.25) is 5.91 Å². The molecule has 1 amide bonds. The van der Waals surface area contributed by atoms with Crippen molar-refractivity contribution in [3.8, 4) is 0 Å². The Labute approximate surface area is 195 Å². The Bertz CT molecular complexity index is 1020. The molecular weight excluding hydrogens is 456 g/mol. The zero-order chi connectivity index (χ0) is 24.7. The minimum absolute atomic E-state index is 0.0436. The number of hydrogen-bond acceptors (Lipinski definition) is 5. The van der Waals surface area contributed by atoms with Gasteiger partial charge in [0.25, 0.3) is 0 Å². The first-order chi connectivity index (χ1) is 15.7. The van der Waals surface area contributed by atoms with E-state index < -0.39 is 28.7 Å². The highest BCUT2D eigenvalue weighted by Crippen LogP contribution is 2.45. The summed E-state index contributed by atoms with van der Waals surface area (Å²) in [6.07, 6.45) is 0.826. The normalized spacial score (nSPS) is 16.1. The summed E-state index contributed by atoms with van der Waals surface area (Å²) in [4.78, 5) is 12.3. The van der Waals surface area contributed by atoms with Crippen LogP contribution in [0.5, 0.6) is 0 Å². The molecule has 0 aliphatic carbocycles. The van der Waals surface area contributed by atoms with Gasteiger partial charge >= 0.3 is 0 Å². The number of halogens is 4. The predicted octanol–water partition coefficient (Wildman–Crippen LogP) is 5.35. The lowest BCUT2D eigenvalue weighted by molar-refractivity contribution is -0.129. The highest BCUT2D eigenvalue weighted by Gasteiger charge is 2.35. The Balaban J connectivity index is 0.00000187. The summed E-state index contributed by atoms with van der Waals surface area (Å²) in [5, 5.41) is 8.18. The number of thioether (sulfide) groups is 1. The molecule has 5 nitrogen and oxygen atoms in total. The molecule has 10 heteroatoms. The maximum atomic E-state index is 14.3. The van der Waals surface area contributed by atoms with Crippen LogP contribution in [0, 0.1) is 30.3 Å².